The summed E-state index contributed by atoms with van der Waals surface area (Å²) in [6, 6.07) is 2.70. The minimum absolute atomic E-state index is 0.246. The van der Waals surface area contributed by atoms with Crippen LogP contribution in [0.1, 0.15) is 32.0 Å². The summed E-state index contributed by atoms with van der Waals surface area (Å²) in [5, 5.41) is 16.9. The first-order chi connectivity index (χ1) is 8.24. The van der Waals surface area contributed by atoms with Crippen molar-refractivity contribution in [1.82, 2.24) is 15.1 Å². The summed E-state index contributed by atoms with van der Waals surface area (Å²) in [4.78, 5) is 0. The van der Waals surface area contributed by atoms with Crippen molar-refractivity contribution in [2.75, 3.05) is 6.61 Å². The second-order valence-corrected chi connectivity index (χ2v) is 4.63. The predicted octanol–water partition coefficient (Wildman–Crippen LogP) is 1.49. The maximum Gasteiger partial charge on any atom is 0.0550 e. The average molecular weight is 235 g/mol. The lowest BCUT2D eigenvalue weighted by molar-refractivity contribution is 0.244. The molecule has 1 heterocycles. The zero-order chi connectivity index (χ0) is 12.3. The molecule has 2 rings (SSSR count). The van der Waals surface area contributed by atoms with Crippen LogP contribution in [0.3, 0.4) is 0 Å². The zero-order valence-corrected chi connectivity index (χ0v) is 10.5. The number of hydrogen-bond donors (Lipinski definition) is 2. The first-order valence-electron chi connectivity index (χ1n) is 6.31. The second kappa shape index (κ2) is 5.47. The van der Waals surface area contributed by atoms with Crippen LogP contribution >= 0.6 is 0 Å². The van der Waals surface area contributed by atoms with Gasteiger partial charge in [-0.3, -0.25) is 4.68 Å². The van der Waals surface area contributed by atoms with Crippen LogP contribution in [0.15, 0.2) is 24.4 Å². The normalized spacial score (nSPS) is 25.4. The van der Waals surface area contributed by atoms with Crippen molar-refractivity contribution in [2.24, 2.45) is 5.92 Å². The van der Waals surface area contributed by atoms with Crippen molar-refractivity contribution in [3.8, 4) is 0 Å². The van der Waals surface area contributed by atoms with Crippen LogP contribution in [-0.2, 0) is 6.54 Å². The SMILES string of the molecule is CCn1nccc1C(C)N[C@@H]1C=C[C@H](CO)C1. The van der Waals surface area contributed by atoms with E-state index in [4.69, 9.17) is 5.11 Å². The standard InChI is InChI=1S/C13H21N3O/c1-3-16-13(6-7-14-16)10(2)15-12-5-4-11(8-12)9-17/h4-7,10-12,15,17H,3,8-9H2,1-2H3/t10?,11-,12+/m0/s1. The topological polar surface area (TPSA) is 50.1 Å². The van der Waals surface area contributed by atoms with Crippen molar-refractivity contribution in [3.05, 3.63) is 30.1 Å². The maximum absolute atomic E-state index is 9.09. The molecule has 0 bridgehead atoms. The highest BCUT2D eigenvalue weighted by atomic mass is 16.3. The molecule has 0 aromatic carbocycles. The van der Waals surface area contributed by atoms with E-state index in [2.05, 4.69) is 42.5 Å². The van der Waals surface area contributed by atoms with E-state index >= 15 is 0 Å². The van der Waals surface area contributed by atoms with Crippen LogP contribution in [0.2, 0.25) is 0 Å². The molecular weight excluding hydrogens is 214 g/mol. The molecule has 94 valence electrons. The number of nitrogens with zero attached hydrogens (tertiary/aromatic N) is 2. The molecule has 3 atom stereocenters. The second-order valence-electron chi connectivity index (χ2n) is 4.63. The van der Waals surface area contributed by atoms with E-state index in [1.807, 2.05) is 10.9 Å². The maximum atomic E-state index is 9.09. The molecule has 0 aliphatic heterocycles. The molecule has 2 N–H and O–H groups in total. The number of rotatable bonds is 5. The molecular formula is C13H21N3O. The molecule has 1 aromatic heterocycles. The molecule has 4 heteroatoms. The van der Waals surface area contributed by atoms with E-state index < -0.39 is 0 Å². The largest absolute Gasteiger partial charge is 0.396 e. The molecule has 0 amide bonds. The third-order valence-electron chi connectivity index (χ3n) is 3.36. The summed E-state index contributed by atoms with van der Waals surface area (Å²) in [5.74, 6) is 0.316. The van der Waals surface area contributed by atoms with Crippen molar-refractivity contribution in [3.63, 3.8) is 0 Å². The number of aliphatic hydroxyl groups is 1. The smallest absolute Gasteiger partial charge is 0.0550 e. The molecule has 1 aliphatic carbocycles. The van der Waals surface area contributed by atoms with E-state index in [1.54, 1.807) is 0 Å². The van der Waals surface area contributed by atoms with Gasteiger partial charge in [0.05, 0.1) is 5.69 Å². The van der Waals surface area contributed by atoms with Crippen LogP contribution in [0.4, 0.5) is 0 Å². The molecule has 1 aliphatic rings. The monoisotopic (exact) mass is 235 g/mol. The lowest BCUT2D eigenvalue weighted by atomic mass is 10.1. The zero-order valence-electron chi connectivity index (χ0n) is 10.5. The number of aromatic nitrogens is 2. The third kappa shape index (κ3) is 2.76. The van der Waals surface area contributed by atoms with Gasteiger partial charge in [0.15, 0.2) is 0 Å². The van der Waals surface area contributed by atoms with Gasteiger partial charge < -0.3 is 10.4 Å². The van der Waals surface area contributed by atoms with E-state index in [0.29, 0.717) is 12.0 Å². The highest BCUT2D eigenvalue weighted by molar-refractivity contribution is 5.11. The Morgan fingerprint density at radius 2 is 2.41 bits per heavy atom. The number of hydrogen-bond acceptors (Lipinski definition) is 3. The first kappa shape index (κ1) is 12.3. The van der Waals surface area contributed by atoms with Gasteiger partial charge in [0, 0.05) is 37.4 Å². The van der Waals surface area contributed by atoms with Gasteiger partial charge in [-0.05, 0) is 26.3 Å². The fourth-order valence-corrected chi connectivity index (χ4v) is 2.42. The lowest BCUT2D eigenvalue weighted by Crippen LogP contribution is -2.30. The van der Waals surface area contributed by atoms with Crippen molar-refractivity contribution in [2.45, 2.75) is 38.9 Å². The van der Waals surface area contributed by atoms with Gasteiger partial charge in [0.2, 0.25) is 0 Å². The number of aliphatic hydroxyl groups excluding tert-OH is 1. The minimum Gasteiger partial charge on any atom is -0.396 e. The Morgan fingerprint density at radius 1 is 1.59 bits per heavy atom. The Hall–Kier alpha value is -1.13. The van der Waals surface area contributed by atoms with Crippen LogP contribution in [0.5, 0.6) is 0 Å². The van der Waals surface area contributed by atoms with E-state index in [0.717, 1.165) is 13.0 Å². The molecule has 0 spiro atoms. The molecule has 0 radical (unpaired) electrons. The van der Waals surface area contributed by atoms with Gasteiger partial charge in [-0.25, -0.2) is 0 Å². The Balaban J connectivity index is 1.94. The molecule has 0 saturated heterocycles. The van der Waals surface area contributed by atoms with Crippen molar-refractivity contribution in [1.29, 1.82) is 0 Å². The molecule has 1 unspecified atom stereocenters. The summed E-state index contributed by atoms with van der Waals surface area (Å²) in [5.41, 5.74) is 1.22. The van der Waals surface area contributed by atoms with E-state index in [9.17, 15) is 0 Å². The fourth-order valence-electron chi connectivity index (χ4n) is 2.42. The van der Waals surface area contributed by atoms with Crippen LogP contribution in [0.25, 0.3) is 0 Å². The Morgan fingerprint density at radius 3 is 3.06 bits per heavy atom. The highest BCUT2D eigenvalue weighted by Gasteiger charge is 2.20. The number of aryl methyl sites for hydroxylation is 1. The summed E-state index contributed by atoms with van der Waals surface area (Å²) in [6.07, 6.45) is 7.09. The molecule has 17 heavy (non-hydrogen) atoms. The van der Waals surface area contributed by atoms with Crippen LogP contribution < -0.4 is 5.32 Å². The summed E-state index contributed by atoms with van der Waals surface area (Å²) < 4.78 is 2.01. The Bertz CT molecular complexity index is 386. The fraction of sp³-hybridized carbons (Fsp3) is 0.615. The van der Waals surface area contributed by atoms with Crippen LogP contribution in [-0.4, -0.2) is 27.5 Å². The minimum atomic E-state index is 0.246. The van der Waals surface area contributed by atoms with Crippen LogP contribution in [0, 0.1) is 5.92 Å². The van der Waals surface area contributed by atoms with Gasteiger partial charge in [-0.1, -0.05) is 12.2 Å². The third-order valence-corrected chi connectivity index (χ3v) is 3.36. The molecule has 4 nitrogen and oxygen atoms in total. The average Bonchev–Trinajstić information content (AvgIpc) is 2.96. The highest BCUT2D eigenvalue weighted by Crippen LogP contribution is 2.20. The van der Waals surface area contributed by atoms with E-state index in [-0.39, 0.29) is 12.6 Å². The summed E-state index contributed by atoms with van der Waals surface area (Å²) in [6.45, 7) is 5.40. The Labute approximate surface area is 102 Å². The van der Waals surface area contributed by atoms with Gasteiger partial charge in [0.1, 0.15) is 0 Å². The Kier molecular flexibility index (Phi) is 3.97. The predicted molar refractivity (Wildman–Crippen MR) is 67.6 cm³/mol. The summed E-state index contributed by atoms with van der Waals surface area (Å²) >= 11 is 0. The summed E-state index contributed by atoms with van der Waals surface area (Å²) in [7, 11) is 0. The molecule has 0 saturated carbocycles. The van der Waals surface area contributed by atoms with Gasteiger partial charge in [-0.2, -0.15) is 5.10 Å². The van der Waals surface area contributed by atoms with Crippen molar-refractivity contribution < 1.29 is 5.11 Å². The quantitative estimate of drug-likeness (QED) is 0.760. The van der Waals surface area contributed by atoms with Crippen molar-refractivity contribution >= 4 is 0 Å². The van der Waals surface area contributed by atoms with Gasteiger partial charge in [0.25, 0.3) is 0 Å². The number of nitrogens with one attached hydrogen (secondary N) is 1. The first-order valence-corrected chi connectivity index (χ1v) is 6.31. The van der Waals surface area contributed by atoms with Gasteiger partial charge in [-0.15, -0.1) is 0 Å². The molecule has 1 aromatic rings. The molecule has 0 fully saturated rings. The van der Waals surface area contributed by atoms with E-state index in [1.165, 1.54) is 5.69 Å². The lowest BCUT2D eigenvalue weighted by Gasteiger charge is -2.20. The van der Waals surface area contributed by atoms with Gasteiger partial charge >= 0.3 is 0 Å².